The van der Waals surface area contributed by atoms with Crippen molar-refractivity contribution in [3.05, 3.63) is 0 Å². The third kappa shape index (κ3) is 1.81. The van der Waals surface area contributed by atoms with Crippen molar-refractivity contribution >= 4 is 5.97 Å². The Kier molecular flexibility index (Phi) is 3.55. The quantitative estimate of drug-likeness (QED) is 0.529. The number of rotatable bonds is 2. The zero-order valence-electron chi connectivity index (χ0n) is 8.45. The molecule has 0 aromatic heterocycles. The average molecular weight is 265 g/mol. The minimum absolute atomic E-state index is 0. The molecule has 3 heterocycles. The van der Waals surface area contributed by atoms with Gasteiger partial charge < -0.3 is 26.6 Å². The fourth-order valence-electron chi connectivity index (χ4n) is 2.51. The number of fused-ring (bicyclic) bond motifs is 3. The molecule has 4 nitrogen and oxygen atoms in total. The van der Waals surface area contributed by atoms with Gasteiger partial charge in [-0.25, -0.2) is 4.79 Å². The molecule has 0 amide bonds. The molecule has 5 heteroatoms. The highest BCUT2D eigenvalue weighted by molar-refractivity contribution is 5.71. The smallest absolute Gasteiger partial charge is 0.362 e. The van der Waals surface area contributed by atoms with Crippen LogP contribution in [0.25, 0.3) is 0 Å². The first-order valence-electron chi connectivity index (χ1n) is 4.95. The first-order chi connectivity index (χ1) is 6.14. The molecule has 0 radical (unpaired) electrons. The van der Waals surface area contributed by atoms with E-state index in [0.29, 0.717) is 0 Å². The molecule has 0 aromatic rings. The lowest BCUT2D eigenvalue weighted by molar-refractivity contribution is -0.954. The van der Waals surface area contributed by atoms with E-state index in [1.807, 2.05) is 6.92 Å². The van der Waals surface area contributed by atoms with Gasteiger partial charge in [0.15, 0.2) is 6.04 Å². The summed E-state index contributed by atoms with van der Waals surface area (Å²) in [5, 5.41) is 9.02. The molecule has 3 rings (SSSR count). The molecule has 1 atom stereocenters. The average Bonchev–Trinajstić information content (AvgIpc) is 2.19. The molecule has 2 bridgehead atoms. The van der Waals surface area contributed by atoms with E-state index < -0.39 is 5.97 Å². The molecular formula is C9H17BrN2O2. The molecule has 0 spiro atoms. The van der Waals surface area contributed by atoms with Crippen molar-refractivity contribution in [2.24, 2.45) is 0 Å². The van der Waals surface area contributed by atoms with Crippen molar-refractivity contribution in [2.45, 2.75) is 13.0 Å². The van der Waals surface area contributed by atoms with Crippen LogP contribution < -0.4 is 17.0 Å². The number of aliphatic carboxylic acids is 1. The topological polar surface area (TPSA) is 40.5 Å². The second-order valence-corrected chi connectivity index (χ2v) is 4.25. The lowest BCUT2D eigenvalue weighted by Crippen LogP contribution is -3.00. The fraction of sp³-hybridized carbons (Fsp3) is 0.889. The molecule has 1 unspecified atom stereocenters. The Morgan fingerprint density at radius 1 is 1.29 bits per heavy atom. The highest BCUT2D eigenvalue weighted by Crippen LogP contribution is 2.23. The summed E-state index contributed by atoms with van der Waals surface area (Å²) < 4.78 is 0.811. The Balaban J connectivity index is 0.000000980. The first-order valence-corrected chi connectivity index (χ1v) is 4.95. The minimum atomic E-state index is -0.643. The van der Waals surface area contributed by atoms with Gasteiger partial charge in [-0.1, -0.05) is 0 Å². The summed E-state index contributed by atoms with van der Waals surface area (Å²) in [6.07, 6.45) is 0. The Hall–Kier alpha value is -0.130. The minimum Gasteiger partial charge on any atom is -1.00 e. The molecule has 0 saturated carbocycles. The van der Waals surface area contributed by atoms with Crippen LogP contribution in [-0.4, -0.2) is 65.8 Å². The van der Waals surface area contributed by atoms with Gasteiger partial charge in [-0.2, -0.15) is 0 Å². The zero-order valence-corrected chi connectivity index (χ0v) is 10.0. The van der Waals surface area contributed by atoms with Crippen molar-refractivity contribution in [3.63, 3.8) is 0 Å². The Morgan fingerprint density at radius 3 is 2.07 bits per heavy atom. The van der Waals surface area contributed by atoms with Crippen molar-refractivity contribution in [1.29, 1.82) is 0 Å². The van der Waals surface area contributed by atoms with E-state index in [9.17, 15) is 4.79 Å². The highest BCUT2D eigenvalue weighted by Gasteiger charge is 2.45. The van der Waals surface area contributed by atoms with E-state index in [1.54, 1.807) is 0 Å². The van der Waals surface area contributed by atoms with Gasteiger partial charge in [0.25, 0.3) is 0 Å². The molecule has 3 aliphatic rings. The van der Waals surface area contributed by atoms with Gasteiger partial charge >= 0.3 is 5.97 Å². The Labute approximate surface area is 94.8 Å². The van der Waals surface area contributed by atoms with Gasteiger partial charge in [0.2, 0.25) is 0 Å². The summed E-state index contributed by atoms with van der Waals surface area (Å²) in [7, 11) is 0. The van der Waals surface area contributed by atoms with Crippen molar-refractivity contribution in [1.82, 2.24) is 4.90 Å². The van der Waals surface area contributed by atoms with Crippen molar-refractivity contribution < 1.29 is 31.4 Å². The molecule has 0 aliphatic carbocycles. The van der Waals surface area contributed by atoms with E-state index in [0.717, 1.165) is 43.8 Å². The molecule has 82 valence electrons. The summed E-state index contributed by atoms with van der Waals surface area (Å²) in [6.45, 7) is 8.16. The van der Waals surface area contributed by atoms with Gasteiger partial charge in [-0.05, 0) is 6.92 Å². The number of carboxylic acids is 1. The second-order valence-electron chi connectivity index (χ2n) is 4.25. The number of hydrogen-bond donors (Lipinski definition) is 1. The van der Waals surface area contributed by atoms with Crippen LogP contribution in [0.1, 0.15) is 6.92 Å². The predicted octanol–water partition coefficient (Wildman–Crippen LogP) is -3.39. The van der Waals surface area contributed by atoms with Crippen LogP contribution in [0.5, 0.6) is 0 Å². The lowest BCUT2D eigenvalue weighted by atomic mass is 10.1. The summed E-state index contributed by atoms with van der Waals surface area (Å²) in [6, 6.07) is -0.220. The maximum Gasteiger partial charge on any atom is 0.362 e. The van der Waals surface area contributed by atoms with Gasteiger partial charge in [-0.15, -0.1) is 0 Å². The van der Waals surface area contributed by atoms with E-state index in [-0.39, 0.29) is 23.0 Å². The molecular weight excluding hydrogens is 248 g/mol. The van der Waals surface area contributed by atoms with Gasteiger partial charge in [-0.3, -0.25) is 4.90 Å². The van der Waals surface area contributed by atoms with E-state index in [2.05, 4.69) is 4.90 Å². The summed E-state index contributed by atoms with van der Waals surface area (Å²) in [5.74, 6) is -0.643. The van der Waals surface area contributed by atoms with Crippen LogP contribution in [-0.2, 0) is 4.79 Å². The zero-order chi connectivity index (χ0) is 9.47. The normalized spacial score (nSPS) is 37.4. The number of quaternary nitrogens is 1. The molecule has 14 heavy (non-hydrogen) atoms. The number of hydrogen-bond acceptors (Lipinski definition) is 2. The van der Waals surface area contributed by atoms with Crippen LogP contribution in [0.3, 0.4) is 0 Å². The van der Waals surface area contributed by atoms with Gasteiger partial charge in [0.1, 0.15) is 0 Å². The molecule has 0 aromatic carbocycles. The van der Waals surface area contributed by atoms with E-state index in [1.165, 1.54) is 0 Å². The highest BCUT2D eigenvalue weighted by atomic mass is 79.9. The Morgan fingerprint density at radius 2 is 1.71 bits per heavy atom. The SMILES string of the molecule is CC(C(=O)O)[N+]12CCN(CC1)CC2.[Br-]. The number of carboxylic acid groups (broad SMARTS) is 1. The number of piperazine rings is 3. The van der Waals surface area contributed by atoms with Crippen LogP contribution in [0.4, 0.5) is 0 Å². The van der Waals surface area contributed by atoms with E-state index >= 15 is 0 Å². The molecule has 3 saturated heterocycles. The maximum absolute atomic E-state index is 11.0. The number of halogens is 1. The third-order valence-electron chi connectivity index (χ3n) is 3.76. The predicted molar refractivity (Wildman–Crippen MR) is 48.4 cm³/mol. The van der Waals surface area contributed by atoms with Crippen molar-refractivity contribution in [2.75, 3.05) is 39.3 Å². The van der Waals surface area contributed by atoms with Crippen LogP contribution in [0.15, 0.2) is 0 Å². The molecule has 3 fully saturated rings. The second kappa shape index (κ2) is 4.16. The first kappa shape index (κ1) is 11.9. The lowest BCUT2D eigenvalue weighted by Gasteiger charge is -2.52. The fourth-order valence-corrected chi connectivity index (χ4v) is 2.51. The summed E-state index contributed by atoms with van der Waals surface area (Å²) >= 11 is 0. The Bertz CT molecular complexity index is 213. The molecule has 3 aliphatic heterocycles. The van der Waals surface area contributed by atoms with Crippen LogP contribution in [0.2, 0.25) is 0 Å². The summed E-state index contributed by atoms with van der Waals surface area (Å²) in [5.41, 5.74) is 0. The van der Waals surface area contributed by atoms with Crippen LogP contribution in [0, 0.1) is 0 Å². The number of nitrogens with zero attached hydrogens (tertiary/aromatic N) is 2. The van der Waals surface area contributed by atoms with E-state index in [4.69, 9.17) is 5.11 Å². The van der Waals surface area contributed by atoms with Crippen LogP contribution >= 0.6 is 0 Å². The number of carbonyl (C=O) groups is 1. The standard InChI is InChI=1S/C9H16N2O2.BrH/c1-8(9(12)13)11-5-2-10(3-6-11)4-7-11;/h8H,2-7H2,1H3;1H. The third-order valence-corrected chi connectivity index (χ3v) is 3.76. The monoisotopic (exact) mass is 264 g/mol. The van der Waals surface area contributed by atoms with Crippen molar-refractivity contribution in [3.8, 4) is 0 Å². The van der Waals surface area contributed by atoms with Gasteiger partial charge in [0.05, 0.1) is 19.6 Å². The van der Waals surface area contributed by atoms with Gasteiger partial charge in [0, 0.05) is 19.6 Å². The molecule has 1 N–H and O–H groups in total. The summed E-state index contributed by atoms with van der Waals surface area (Å²) in [4.78, 5) is 13.4. The maximum atomic E-state index is 11.0. The largest absolute Gasteiger partial charge is 1.00 e.